The molecule has 0 radical (unpaired) electrons. The number of nitrogens with zero attached hydrogens (tertiary/aromatic N) is 3. The molecule has 0 amide bonds. The summed E-state index contributed by atoms with van der Waals surface area (Å²) >= 11 is 7.24. The van der Waals surface area contributed by atoms with Crippen LogP contribution in [0.2, 0.25) is 5.02 Å². The molecule has 0 fully saturated rings. The summed E-state index contributed by atoms with van der Waals surface area (Å²) in [5.41, 5.74) is -1.41. The molecule has 6 nitrogen and oxygen atoms in total. The maximum absolute atomic E-state index is 14.2. The molecule has 0 N–H and O–H groups in total. The van der Waals surface area contributed by atoms with Gasteiger partial charge in [-0.2, -0.15) is 9.78 Å². The molecular weight excluding hydrogens is 345 g/mol. The zero-order chi connectivity index (χ0) is 17.1. The van der Waals surface area contributed by atoms with Crippen molar-refractivity contribution in [2.45, 2.75) is 25.8 Å². The van der Waals surface area contributed by atoms with Gasteiger partial charge in [0.1, 0.15) is 17.6 Å². The van der Waals surface area contributed by atoms with Gasteiger partial charge in [0.05, 0.1) is 17.0 Å². The molecule has 0 saturated carbocycles. The quantitative estimate of drug-likeness (QED) is 0.819. The van der Waals surface area contributed by atoms with Crippen LogP contribution in [0.15, 0.2) is 27.9 Å². The third kappa shape index (κ3) is 3.76. The first-order valence-corrected chi connectivity index (χ1v) is 8.46. The van der Waals surface area contributed by atoms with E-state index in [9.17, 15) is 14.0 Å². The fraction of sp³-hybridized carbons (Fsp3) is 0.357. The van der Waals surface area contributed by atoms with Crippen molar-refractivity contribution < 1.29 is 9.13 Å². The summed E-state index contributed by atoms with van der Waals surface area (Å²) < 4.78 is 21.5. The smallest absolute Gasteiger partial charge is 0.353 e. The highest BCUT2D eigenvalue weighted by molar-refractivity contribution is 7.97. The molecular formula is C14H15ClFN3O3S. The van der Waals surface area contributed by atoms with Crippen LogP contribution in [0.5, 0.6) is 5.75 Å². The number of ether oxygens (including phenoxy) is 1. The SMILES string of the molecule is CSCn1c(=O)cnn(-c2cc(OC(C)C)c(Cl)cc2F)c1=O. The lowest BCUT2D eigenvalue weighted by molar-refractivity contribution is 0.242. The molecule has 1 aromatic carbocycles. The second-order valence-electron chi connectivity index (χ2n) is 4.92. The molecule has 0 aliphatic carbocycles. The third-order valence-electron chi connectivity index (χ3n) is 2.81. The Hall–Kier alpha value is -1.80. The lowest BCUT2D eigenvalue weighted by Crippen LogP contribution is -2.39. The summed E-state index contributed by atoms with van der Waals surface area (Å²) in [5.74, 6) is -0.366. The second kappa shape index (κ2) is 7.18. The lowest BCUT2D eigenvalue weighted by Gasteiger charge is -2.14. The summed E-state index contributed by atoms with van der Waals surface area (Å²) in [4.78, 5) is 24.1. The molecule has 0 saturated heterocycles. The van der Waals surface area contributed by atoms with Crippen molar-refractivity contribution in [3.8, 4) is 11.4 Å². The molecule has 124 valence electrons. The van der Waals surface area contributed by atoms with Gasteiger partial charge in [-0.1, -0.05) is 11.6 Å². The molecule has 23 heavy (non-hydrogen) atoms. The lowest BCUT2D eigenvalue weighted by atomic mass is 10.3. The maximum Gasteiger partial charge on any atom is 0.353 e. The van der Waals surface area contributed by atoms with E-state index in [1.54, 1.807) is 20.1 Å². The highest BCUT2D eigenvalue weighted by Gasteiger charge is 2.16. The number of rotatable bonds is 5. The van der Waals surface area contributed by atoms with Gasteiger partial charge in [-0.15, -0.1) is 11.8 Å². The van der Waals surface area contributed by atoms with Crippen molar-refractivity contribution in [2.75, 3.05) is 6.26 Å². The Bertz CT molecular complexity index is 835. The Morgan fingerprint density at radius 2 is 2.09 bits per heavy atom. The van der Waals surface area contributed by atoms with Gasteiger partial charge in [-0.25, -0.2) is 13.8 Å². The van der Waals surface area contributed by atoms with E-state index < -0.39 is 17.1 Å². The highest BCUT2D eigenvalue weighted by atomic mass is 35.5. The van der Waals surface area contributed by atoms with Crippen molar-refractivity contribution in [3.63, 3.8) is 0 Å². The molecule has 0 aliphatic heterocycles. The topological polar surface area (TPSA) is 66.1 Å². The second-order valence-corrected chi connectivity index (χ2v) is 6.17. The van der Waals surface area contributed by atoms with Crippen LogP contribution >= 0.6 is 23.4 Å². The van der Waals surface area contributed by atoms with Gasteiger partial charge in [0.15, 0.2) is 5.82 Å². The number of halogens is 2. The van der Waals surface area contributed by atoms with E-state index in [1.807, 2.05) is 0 Å². The van der Waals surface area contributed by atoms with Gasteiger partial charge in [-0.05, 0) is 26.2 Å². The third-order valence-corrected chi connectivity index (χ3v) is 3.62. The first-order valence-electron chi connectivity index (χ1n) is 6.69. The summed E-state index contributed by atoms with van der Waals surface area (Å²) in [6.45, 7) is 3.59. The average Bonchev–Trinajstić information content (AvgIpc) is 2.47. The summed E-state index contributed by atoms with van der Waals surface area (Å²) in [6, 6.07) is 2.34. The summed E-state index contributed by atoms with van der Waals surface area (Å²) in [5, 5.41) is 3.81. The largest absolute Gasteiger partial charge is 0.489 e. The molecule has 1 heterocycles. The van der Waals surface area contributed by atoms with E-state index in [2.05, 4.69) is 5.10 Å². The van der Waals surface area contributed by atoms with Crippen LogP contribution in [0.3, 0.4) is 0 Å². The van der Waals surface area contributed by atoms with Crippen LogP contribution in [0.4, 0.5) is 4.39 Å². The molecule has 2 aromatic rings. The van der Waals surface area contributed by atoms with Crippen molar-refractivity contribution in [3.05, 3.63) is 50.0 Å². The predicted molar refractivity (Wildman–Crippen MR) is 88.3 cm³/mol. The van der Waals surface area contributed by atoms with Gasteiger partial charge in [-0.3, -0.25) is 4.79 Å². The molecule has 1 aromatic heterocycles. The minimum absolute atomic E-state index is 0.0884. The van der Waals surface area contributed by atoms with E-state index in [1.165, 1.54) is 17.8 Å². The summed E-state index contributed by atoms with van der Waals surface area (Å²) in [6.07, 6.45) is 2.53. The summed E-state index contributed by atoms with van der Waals surface area (Å²) in [7, 11) is 0. The van der Waals surface area contributed by atoms with Crippen molar-refractivity contribution in [1.29, 1.82) is 0 Å². The van der Waals surface area contributed by atoms with Crippen molar-refractivity contribution in [1.82, 2.24) is 14.3 Å². The van der Waals surface area contributed by atoms with Crippen LogP contribution in [0, 0.1) is 5.82 Å². The van der Waals surface area contributed by atoms with Gasteiger partial charge in [0, 0.05) is 6.07 Å². The zero-order valence-electron chi connectivity index (χ0n) is 12.7. The molecule has 0 aliphatic rings. The minimum Gasteiger partial charge on any atom is -0.489 e. The molecule has 0 spiro atoms. The van der Waals surface area contributed by atoms with E-state index >= 15 is 0 Å². The minimum atomic E-state index is -0.741. The van der Waals surface area contributed by atoms with E-state index in [-0.39, 0.29) is 28.4 Å². The van der Waals surface area contributed by atoms with Crippen LogP contribution < -0.4 is 16.0 Å². The molecule has 0 bridgehead atoms. The van der Waals surface area contributed by atoms with Crippen molar-refractivity contribution in [2.24, 2.45) is 0 Å². The monoisotopic (exact) mass is 359 g/mol. The Balaban J connectivity index is 2.65. The molecule has 9 heteroatoms. The Morgan fingerprint density at radius 1 is 1.39 bits per heavy atom. The number of benzene rings is 1. The van der Waals surface area contributed by atoms with Crippen LogP contribution in [-0.2, 0) is 5.88 Å². The number of hydrogen-bond acceptors (Lipinski definition) is 5. The maximum atomic E-state index is 14.2. The standard InChI is InChI=1S/C14H15ClFN3O3S/c1-8(2)22-12-5-11(10(16)4-9(12)15)19-14(21)18(7-23-3)13(20)6-17-19/h4-6,8H,7H2,1-3H3. The first-order chi connectivity index (χ1) is 10.8. The van der Waals surface area contributed by atoms with E-state index in [0.29, 0.717) is 0 Å². The van der Waals surface area contributed by atoms with Crippen LogP contribution in [-0.4, -0.2) is 26.7 Å². The van der Waals surface area contributed by atoms with E-state index in [0.717, 1.165) is 21.5 Å². The molecule has 0 atom stereocenters. The predicted octanol–water partition coefficient (Wildman–Crippen LogP) is 2.29. The fourth-order valence-electron chi connectivity index (χ4n) is 1.87. The number of thioether (sulfide) groups is 1. The molecule has 0 unspecified atom stereocenters. The fourth-order valence-corrected chi connectivity index (χ4v) is 2.56. The average molecular weight is 360 g/mol. The Labute approximate surface area is 140 Å². The number of hydrogen-bond donors (Lipinski definition) is 0. The Morgan fingerprint density at radius 3 is 2.70 bits per heavy atom. The number of aromatic nitrogens is 3. The first kappa shape index (κ1) is 17.6. The van der Waals surface area contributed by atoms with E-state index in [4.69, 9.17) is 16.3 Å². The Kier molecular flexibility index (Phi) is 5.48. The van der Waals surface area contributed by atoms with Gasteiger partial charge < -0.3 is 4.74 Å². The molecule has 2 rings (SSSR count). The van der Waals surface area contributed by atoms with Gasteiger partial charge >= 0.3 is 5.69 Å². The zero-order valence-corrected chi connectivity index (χ0v) is 14.3. The van der Waals surface area contributed by atoms with Gasteiger partial charge in [0.25, 0.3) is 5.56 Å². The van der Waals surface area contributed by atoms with Crippen molar-refractivity contribution >= 4 is 23.4 Å². The van der Waals surface area contributed by atoms with Crippen LogP contribution in [0.1, 0.15) is 13.8 Å². The normalized spacial score (nSPS) is 11.0. The van der Waals surface area contributed by atoms with Crippen LogP contribution in [0.25, 0.3) is 5.69 Å². The highest BCUT2D eigenvalue weighted by Crippen LogP contribution is 2.29. The van der Waals surface area contributed by atoms with Gasteiger partial charge in [0.2, 0.25) is 0 Å².